The molecule has 4 heteroatoms. The molecule has 0 saturated heterocycles. The van der Waals surface area contributed by atoms with E-state index in [4.69, 9.17) is 9.98 Å². The number of hydrogen-bond acceptors (Lipinski definition) is 4. The Kier molecular flexibility index (Phi) is 7.12. The first-order valence-corrected chi connectivity index (χ1v) is 11.7. The van der Waals surface area contributed by atoms with Gasteiger partial charge in [0.2, 0.25) is 0 Å². The minimum atomic E-state index is 0.0349. The fraction of sp³-hybridized carbons (Fsp3) is 0.500. The highest BCUT2D eigenvalue weighted by Crippen LogP contribution is 2.29. The van der Waals surface area contributed by atoms with Crippen molar-refractivity contribution < 1.29 is 10.2 Å². The summed E-state index contributed by atoms with van der Waals surface area (Å²) in [5.41, 5.74) is 4.01. The van der Waals surface area contributed by atoms with Gasteiger partial charge in [0.15, 0.2) is 0 Å². The van der Waals surface area contributed by atoms with E-state index < -0.39 is 0 Å². The molecule has 0 amide bonds. The van der Waals surface area contributed by atoms with E-state index in [1.807, 2.05) is 36.7 Å². The molecule has 1 aliphatic carbocycles. The van der Waals surface area contributed by atoms with Crippen molar-refractivity contribution in [3.63, 3.8) is 0 Å². The van der Waals surface area contributed by atoms with Crippen LogP contribution in [0.4, 0.5) is 0 Å². The molecule has 3 rings (SSSR count). The highest BCUT2D eigenvalue weighted by atomic mass is 16.3. The maximum atomic E-state index is 10.2. The summed E-state index contributed by atoms with van der Waals surface area (Å²) in [6.07, 6.45) is 7.57. The molecule has 2 aromatic carbocycles. The molecule has 0 aliphatic heterocycles. The van der Waals surface area contributed by atoms with Gasteiger partial charge in [0.1, 0.15) is 11.5 Å². The summed E-state index contributed by atoms with van der Waals surface area (Å²) in [6, 6.07) is 12.1. The highest BCUT2D eigenvalue weighted by Gasteiger charge is 2.20. The van der Waals surface area contributed by atoms with Crippen molar-refractivity contribution in [2.24, 2.45) is 9.98 Å². The molecule has 32 heavy (non-hydrogen) atoms. The maximum Gasteiger partial charge on any atom is 0.124 e. The van der Waals surface area contributed by atoms with Crippen molar-refractivity contribution in [1.29, 1.82) is 0 Å². The van der Waals surface area contributed by atoms with Crippen LogP contribution in [0, 0.1) is 0 Å². The van der Waals surface area contributed by atoms with Crippen molar-refractivity contribution in [1.82, 2.24) is 0 Å². The van der Waals surface area contributed by atoms with Gasteiger partial charge < -0.3 is 10.2 Å². The SMILES string of the molecule is CC(C)(C)c1ccc(O)c(C=NC2CCC(N=Cc3cc(C(C)(C)C)ccc3O)CC2)c1. The fourth-order valence-electron chi connectivity index (χ4n) is 3.98. The summed E-state index contributed by atoms with van der Waals surface area (Å²) in [4.78, 5) is 9.53. The number of nitrogens with zero attached hydrogens (tertiary/aromatic N) is 2. The van der Waals surface area contributed by atoms with E-state index in [-0.39, 0.29) is 34.4 Å². The van der Waals surface area contributed by atoms with E-state index in [0.717, 1.165) is 36.8 Å². The average Bonchev–Trinajstić information content (AvgIpc) is 2.71. The van der Waals surface area contributed by atoms with Crippen LogP contribution in [0.5, 0.6) is 11.5 Å². The lowest BCUT2D eigenvalue weighted by Crippen LogP contribution is -2.20. The summed E-state index contributed by atoms with van der Waals surface area (Å²) in [5, 5.41) is 20.4. The third-order valence-electron chi connectivity index (χ3n) is 6.30. The van der Waals surface area contributed by atoms with Gasteiger partial charge in [-0.25, -0.2) is 0 Å². The van der Waals surface area contributed by atoms with Gasteiger partial charge in [0.05, 0.1) is 12.1 Å². The lowest BCUT2D eigenvalue weighted by molar-refractivity contribution is 0.399. The van der Waals surface area contributed by atoms with Crippen molar-refractivity contribution in [3.05, 3.63) is 58.7 Å². The molecule has 172 valence electrons. The summed E-state index contributed by atoms with van der Waals surface area (Å²) >= 11 is 0. The molecule has 0 heterocycles. The maximum absolute atomic E-state index is 10.2. The van der Waals surface area contributed by atoms with Crippen LogP contribution >= 0.6 is 0 Å². The van der Waals surface area contributed by atoms with Crippen LogP contribution < -0.4 is 0 Å². The second-order valence-corrected chi connectivity index (χ2v) is 11.1. The number of rotatable bonds is 4. The van der Waals surface area contributed by atoms with Gasteiger partial charge in [-0.2, -0.15) is 0 Å². The highest BCUT2D eigenvalue weighted by molar-refractivity contribution is 5.84. The molecule has 0 spiro atoms. The Morgan fingerprint density at radius 1 is 0.656 bits per heavy atom. The van der Waals surface area contributed by atoms with Crippen molar-refractivity contribution in [3.8, 4) is 11.5 Å². The average molecular weight is 435 g/mol. The lowest BCUT2D eigenvalue weighted by Gasteiger charge is -2.24. The third kappa shape index (κ3) is 6.21. The quantitative estimate of drug-likeness (QED) is 0.536. The summed E-state index contributed by atoms with van der Waals surface area (Å²) in [5.74, 6) is 0.551. The van der Waals surface area contributed by atoms with Crippen LogP contribution in [-0.4, -0.2) is 34.7 Å². The second-order valence-electron chi connectivity index (χ2n) is 11.1. The Bertz CT molecular complexity index is 904. The van der Waals surface area contributed by atoms with Gasteiger partial charge in [0.25, 0.3) is 0 Å². The predicted molar refractivity (Wildman–Crippen MR) is 135 cm³/mol. The largest absolute Gasteiger partial charge is 0.507 e. The molecule has 2 aromatic rings. The second kappa shape index (κ2) is 9.48. The Hall–Kier alpha value is -2.62. The van der Waals surface area contributed by atoms with Crippen LogP contribution in [0.15, 0.2) is 46.4 Å². The van der Waals surface area contributed by atoms with E-state index >= 15 is 0 Å². The minimum Gasteiger partial charge on any atom is -0.507 e. The van der Waals surface area contributed by atoms with Gasteiger partial charge in [-0.1, -0.05) is 53.7 Å². The normalized spacial score (nSPS) is 20.3. The zero-order chi connectivity index (χ0) is 23.5. The Morgan fingerprint density at radius 2 is 1.00 bits per heavy atom. The molecule has 4 nitrogen and oxygen atoms in total. The van der Waals surface area contributed by atoms with E-state index in [2.05, 4.69) is 41.5 Å². The van der Waals surface area contributed by atoms with E-state index in [0.29, 0.717) is 0 Å². The molecule has 0 aromatic heterocycles. The molecular formula is C28H38N2O2. The molecule has 1 saturated carbocycles. The van der Waals surface area contributed by atoms with Crippen LogP contribution in [0.3, 0.4) is 0 Å². The van der Waals surface area contributed by atoms with Crippen molar-refractivity contribution in [2.45, 2.75) is 90.1 Å². The Balaban J connectivity index is 1.61. The van der Waals surface area contributed by atoms with E-state index in [9.17, 15) is 10.2 Å². The summed E-state index contributed by atoms with van der Waals surface area (Å²) in [7, 11) is 0. The first kappa shape index (κ1) is 24.0. The molecule has 0 unspecified atom stereocenters. The third-order valence-corrected chi connectivity index (χ3v) is 6.30. The Morgan fingerprint density at radius 3 is 1.31 bits per heavy atom. The molecule has 1 fully saturated rings. The molecule has 2 N–H and O–H groups in total. The summed E-state index contributed by atoms with van der Waals surface area (Å²) in [6.45, 7) is 13.0. The van der Waals surface area contributed by atoms with Crippen LogP contribution in [0.2, 0.25) is 0 Å². The summed E-state index contributed by atoms with van der Waals surface area (Å²) < 4.78 is 0. The van der Waals surface area contributed by atoms with E-state index in [1.165, 1.54) is 11.1 Å². The van der Waals surface area contributed by atoms with Crippen LogP contribution in [0.25, 0.3) is 0 Å². The van der Waals surface area contributed by atoms with Crippen LogP contribution in [-0.2, 0) is 10.8 Å². The first-order chi connectivity index (χ1) is 14.9. The number of benzene rings is 2. The van der Waals surface area contributed by atoms with Gasteiger partial charge >= 0.3 is 0 Å². The van der Waals surface area contributed by atoms with Gasteiger partial charge in [-0.05, 0) is 71.9 Å². The Labute approximate surface area is 193 Å². The van der Waals surface area contributed by atoms with Gasteiger partial charge in [0, 0.05) is 23.6 Å². The molecule has 1 aliphatic rings. The number of aromatic hydroxyl groups is 2. The predicted octanol–water partition coefficient (Wildman–Crippen LogP) is 6.54. The molecule has 0 radical (unpaired) electrons. The number of hydrogen-bond donors (Lipinski definition) is 2. The van der Waals surface area contributed by atoms with Crippen LogP contribution in [0.1, 0.15) is 89.5 Å². The van der Waals surface area contributed by atoms with Crippen molar-refractivity contribution >= 4 is 12.4 Å². The molecular weight excluding hydrogens is 396 g/mol. The fourth-order valence-corrected chi connectivity index (χ4v) is 3.98. The van der Waals surface area contributed by atoms with E-state index in [1.54, 1.807) is 12.1 Å². The molecule has 0 bridgehead atoms. The van der Waals surface area contributed by atoms with Crippen molar-refractivity contribution in [2.75, 3.05) is 0 Å². The zero-order valence-corrected chi connectivity index (χ0v) is 20.4. The number of aliphatic imine (C=N–C) groups is 2. The number of phenols is 2. The lowest BCUT2D eigenvalue weighted by atomic mass is 9.86. The smallest absolute Gasteiger partial charge is 0.124 e. The number of phenolic OH excluding ortho intramolecular Hbond substituents is 2. The monoisotopic (exact) mass is 434 g/mol. The first-order valence-electron chi connectivity index (χ1n) is 11.7. The standard InChI is InChI=1S/C28H38N2O2/c1-27(2,3)21-7-13-25(31)19(15-21)17-29-23-9-11-24(12-10-23)30-18-20-16-22(28(4,5)6)8-14-26(20)32/h7-8,13-18,23-24,31-32H,9-12H2,1-6H3. The van der Waals surface area contributed by atoms with Gasteiger partial charge in [-0.15, -0.1) is 0 Å². The van der Waals surface area contributed by atoms with Gasteiger partial charge in [-0.3, -0.25) is 9.98 Å². The minimum absolute atomic E-state index is 0.0349. The molecule has 0 atom stereocenters. The zero-order valence-electron chi connectivity index (χ0n) is 20.4. The topological polar surface area (TPSA) is 65.2 Å².